The maximum absolute atomic E-state index is 12.6. The summed E-state index contributed by atoms with van der Waals surface area (Å²) in [5, 5.41) is 17.0. The summed E-state index contributed by atoms with van der Waals surface area (Å²) in [6.07, 6.45) is 1.01. The summed E-state index contributed by atoms with van der Waals surface area (Å²) in [6.45, 7) is 2.74. The first kappa shape index (κ1) is 21.1. The van der Waals surface area contributed by atoms with Gasteiger partial charge in [-0.15, -0.1) is 0 Å². The predicted molar refractivity (Wildman–Crippen MR) is 99.4 cm³/mol. The zero-order valence-electron chi connectivity index (χ0n) is 15.0. The molecule has 0 spiro atoms. The van der Waals surface area contributed by atoms with Crippen molar-refractivity contribution in [1.82, 2.24) is 16.0 Å². The van der Waals surface area contributed by atoms with Gasteiger partial charge in [0.1, 0.15) is 6.61 Å². The summed E-state index contributed by atoms with van der Waals surface area (Å²) in [4.78, 5) is 33.3. The molecule has 0 bridgehead atoms. The van der Waals surface area contributed by atoms with Crippen LogP contribution in [-0.4, -0.2) is 54.7 Å². The first-order valence-corrected chi connectivity index (χ1v) is 9.12. The zero-order chi connectivity index (χ0) is 19.8. The molecule has 2 amide bonds. The minimum Gasteiger partial charge on any atom is -0.481 e. The molecule has 2 heterocycles. The summed E-state index contributed by atoms with van der Waals surface area (Å²) in [7, 11) is 0. The number of amides is 2. The van der Waals surface area contributed by atoms with Crippen LogP contribution in [0.5, 0.6) is 0 Å². The lowest BCUT2D eigenvalue weighted by molar-refractivity contribution is -0.148. The molecular formula is C18H24ClN3O5. The molecule has 1 aromatic carbocycles. The number of hydrogen-bond donors (Lipinski definition) is 4. The predicted octanol–water partition coefficient (Wildman–Crippen LogP) is 0.855. The number of morpholine rings is 1. The molecule has 3 rings (SSSR count). The van der Waals surface area contributed by atoms with E-state index < -0.39 is 18.1 Å². The molecule has 0 aliphatic carbocycles. The van der Waals surface area contributed by atoms with Gasteiger partial charge >= 0.3 is 0 Å². The second kappa shape index (κ2) is 10.2. The Morgan fingerprint density at radius 2 is 1.89 bits per heavy atom. The van der Waals surface area contributed by atoms with Crippen LogP contribution in [0, 0.1) is 0 Å². The van der Waals surface area contributed by atoms with Gasteiger partial charge in [-0.25, -0.2) is 0 Å². The Morgan fingerprint density at radius 3 is 2.52 bits per heavy atom. The number of piperidine rings is 1. The van der Waals surface area contributed by atoms with Crippen LogP contribution < -0.4 is 16.0 Å². The molecule has 2 fully saturated rings. The van der Waals surface area contributed by atoms with Crippen molar-refractivity contribution in [3.8, 4) is 0 Å². The van der Waals surface area contributed by atoms with Crippen molar-refractivity contribution in [3.05, 3.63) is 34.9 Å². The van der Waals surface area contributed by atoms with E-state index in [-0.39, 0.29) is 24.5 Å². The van der Waals surface area contributed by atoms with E-state index in [1.807, 2.05) is 6.07 Å². The third kappa shape index (κ3) is 6.50. The first-order valence-electron chi connectivity index (χ1n) is 8.74. The fourth-order valence-corrected chi connectivity index (χ4v) is 3.25. The maximum atomic E-state index is 12.6. The van der Waals surface area contributed by atoms with Crippen LogP contribution in [0.1, 0.15) is 31.4 Å². The summed E-state index contributed by atoms with van der Waals surface area (Å²) >= 11 is 6.22. The van der Waals surface area contributed by atoms with Gasteiger partial charge in [0.2, 0.25) is 5.91 Å². The van der Waals surface area contributed by atoms with Gasteiger partial charge in [0.15, 0.2) is 6.10 Å². The van der Waals surface area contributed by atoms with Crippen molar-refractivity contribution in [2.45, 2.75) is 38.0 Å². The molecule has 2 aliphatic heterocycles. The Bertz CT molecular complexity index is 675. The number of benzene rings is 1. The fourth-order valence-electron chi connectivity index (χ4n) is 3.00. The molecule has 9 heteroatoms. The molecule has 2 saturated heterocycles. The number of rotatable bonds is 3. The summed E-state index contributed by atoms with van der Waals surface area (Å²) < 4.78 is 5.52. The van der Waals surface area contributed by atoms with Crippen molar-refractivity contribution in [2.24, 2.45) is 0 Å². The zero-order valence-corrected chi connectivity index (χ0v) is 15.8. The monoisotopic (exact) mass is 397 g/mol. The third-order valence-electron chi connectivity index (χ3n) is 4.20. The summed E-state index contributed by atoms with van der Waals surface area (Å²) in [5.41, 5.74) is 0.688. The smallest absolute Gasteiger partial charge is 0.300 e. The number of carboxylic acids is 1. The normalized spacial score (nSPS) is 22.8. The van der Waals surface area contributed by atoms with E-state index in [9.17, 15) is 9.59 Å². The molecule has 2 aliphatic rings. The molecular weight excluding hydrogens is 374 g/mol. The van der Waals surface area contributed by atoms with Crippen LogP contribution in [0.25, 0.3) is 0 Å². The first-order chi connectivity index (χ1) is 12.9. The second-order valence-electron chi connectivity index (χ2n) is 6.35. The molecule has 0 unspecified atom stereocenters. The lowest BCUT2D eigenvalue weighted by atomic mass is 9.98. The van der Waals surface area contributed by atoms with Crippen molar-refractivity contribution in [2.75, 3.05) is 19.7 Å². The molecule has 0 radical (unpaired) electrons. The van der Waals surface area contributed by atoms with Gasteiger partial charge in [-0.1, -0.05) is 29.8 Å². The number of nitrogens with one attached hydrogen (secondary N) is 3. The van der Waals surface area contributed by atoms with Gasteiger partial charge in [0, 0.05) is 18.0 Å². The van der Waals surface area contributed by atoms with Crippen molar-refractivity contribution in [3.63, 3.8) is 0 Å². The van der Waals surface area contributed by atoms with E-state index in [4.69, 9.17) is 26.2 Å². The third-order valence-corrected chi connectivity index (χ3v) is 4.54. The van der Waals surface area contributed by atoms with Gasteiger partial charge in [-0.3, -0.25) is 14.4 Å². The minimum atomic E-state index is -0.833. The van der Waals surface area contributed by atoms with E-state index in [0.717, 1.165) is 32.9 Å². The van der Waals surface area contributed by atoms with Crippen LogP contribution in [0.3, 0.4) is 0 Å². The Balaban J connectivity index is 0.000000596. The van der Waals surface area contributed by atoms with Gasteiger partial charge in [-0.05, 0) is 37.6 Å². The average Bonchev–Trinajstić information content (AvgIpc) is 2.62. The van der Waals surface area contributed by atoms with Crippen molar-refractivity contribution in [1.29, 1.82) is 0 Å². The summed E-state index contributed by atoms with van der Waals surface area (Å²) in [5.74, 6) is -1.29. The fraction of sp³-hybridized carbons (Fsp3) is 0.500. The Hall–Kier alpha value is -2.16. The van der Waals surface area contributed by atoms with Gasteiger partial charge < -0.3 is 25.8 Å². The van der Waals surface area contributed by atoms with E-state index in [1.165, 1.54) is 0 Å². The quantitative estimate of drug-likeness (QED) is 0.601. The molecule has 0 saturated carbocycles. The van der Waals surface area contributed by atoms with Crippen LogP contribution >= 0.6 is 11.6 Å². The van der Waals surface area contributed by atoms with Crippen LogP contribution in [-0.2, 0) is 19.1 Å². The van der Waals surface area contributed by atoms with E-state index in [2.05, 4.69) is 16.0 Å². The second-order valence-corrected chi connectivity index (χ2v) is 6.76. The van der Waals surface area contributed by atoms with E-state index >= 15 is 0 Å². The lowest BCUT2D eigenvalue weighted by Gasteiger charge is -2.34. The number of carbonyl (C=O) groups excluding carboxylic acids is 2. The maximum Gasteiger partial charge on any atom is 0.300 e. The van der Waals surface area contributed by atoms with Crippen LogP contribution in [0.4, 0.5) is 0 Å². The number of carboxylic acid groups (broad SMARTS) is 1. The Morgan fingerprint density at radius 1 is 1.26 bits per heavy atom. The Labute approximate surface area is 162 Å². The number of aliphatic carboxylic acids is 1. The average molecular weight is 398 g/mol. The highest BCUT2D eigenvalue weighted by Crippen LogP contribution is 2.28. The molecule has 27 heavy (non-hydrogen) atoms. The number of ether oxygens (including phenoxy) is 1. The molecule has 4 N–H and O–H groups in total. The number of halogens is 1. The van der Waals surface area contributed by atoms with Gasteiger partial charge in [0.25, 0.3) is 11.9 Å². The highest BCUT2D eigenvalue weighted by Gasteiger charge is 2.37. The summed E-state index contributed by atoms with van der Waals surface area (Å²) in [6, 6.07) is 6.72. The molecule has 8 nitrogen and oxygen atoms in total. The lowest BCUT2D eigenvalue weighted by Crippen LogP contribution is -2.55. The standard InChI is InChI=1S/C16H20ClN3O3.C2H4O2/c17-12-4-2-1-3-11(12)14-15(23-9-13(21)20-14)16(22)19-10-5-7-18-8-6-10;1-2(3)4/h1-4,10,14-15,18H,5-9H2,(H,19,22)(H,20,21);1H3,(H,3,4)/t14-,15+;/m1./s1. The van der Waals surface area contributed by atoms with Gasteiger partial charge in [-0.2, -0.15) is 0 Å². The van der Waals surface area contributed by atoms with E-state index in [1.54, 1.807) is 18.2 Å². The van der Waals surface area contributed by atoms with Crippen molar-refractivity contribution < 1.29 is 24.2 Å². The molecule has 0 aromatic heterocycles. The molecule has 1 aromatic rings. The molecule has 148 valence electrons. The van der Waals surface area contributed by atoms with Crippen molar-refractivity contribution >= 4 is 29.4 Å². The highest BCUT2D eigenvalue weighted by atomic mass is 35.5. The van der Waals surface area contributed by atoms with Crippen LogP contribution in [0.2, 0.25) is 5.02 Å². The highest BCUT2D eigenvalue weighted by molar-refractivity contribution is 6.31. The van der Waals surface area contributed by atoms with Crippen LogP contribution in [0.15, 0.2) is 24.3 Å². The largest absolute Gasteiger partial charge is 0.481 e. The molecule has 2 atom stereocenters. The topological polar surface area (TPSA) is 117 Å². The van der Waals surface area contributed by atoms with Gasteiger partial charge in [0.05, 0.1) is 6.04 Å². The minimum absolute atomic E-state index is 0.120. The number of hydrogen-bond acceptors (Lipinski definition) is 5. The SMILES string of the molecule is CC(=O)O.O=C1CO[C@H](C(=O)NC2CCNCC2)[C@@H](c2ccccc2Cl)N1. The number of carbonyl (C=O) groups is 3. The Kier molecular flexibility index (Phi) is 8.02. The van der Waals surface area contributed by atoms with E-state index in [0.29, 0.717) is 10.6 Å².